The standard InChI is InChI=1S/C24H19ClN6O2/c1-32-22-12-16(10-11-21(22)33-14-17-6-2-5-9-20(17)25)13-26-28-23-18-7-3-4-8-19(18)24-29-27-15-31(24)30-23/h2-13,15H,14H2,1H3,(H,28,30)/b26-13+. The summed E-state index contributed by atoms with van der Waals surface area (Å²) in [5, 5.41) is 19.4. The first-order valence-corrected chi connectivity index (χ1v) is 10.5. The number of hydrazone groups is 1. The first-order chi connectivity index (χ1) is 16.2. The minimum Gasteiger partial charge on any atom is -0.493 e. The molecule has 0 radical (unpaired) electrons. The van der Waals surface area contributed by atoms with E-state index in [4.69, 9.17) is 21.1 Å². The van der Waals surface area contributed by atoms with Crippen LogP contribution >= 0.6 is 11.6 Å². The summed E-state index contributed by atoms with van der Waals surface area (Å²) in [6.07, 6.45) is 3.25. The number of methoxy groups -OCH3 is 1. The number of aromatic nitrogens is 4. The molecule has 5 rings (SSSR count). The van der Waals surface area contributed by atoms with Crippen molar-refractivity contribution in [3.05, 3.63) is 89.2 Å². The van der Waals surface area contributed by atoms with Crippen molar-refractivity contribution in [1.29, 1.82) is 0 Å². The first-order valence-electron chi connectivity index (χ1n) is 10.1. The summed E-state index contributed by atoms with van der Waals surface area (Å²) in [4.78, 5) is 0. The third-order valence-corrected chi connectivity index (χ3v) is 5.44. The van der Waals surface area contributed by atoms with Crippen molar-refractivity contribution in [3.8, 4) is 11.5 Å². The molecule has 8 nitrogen and oxygen atoms in total. The summed E-state index contributed by atoms with van der Waals surface area (Å²) in [6, 6.07) is 21.0. The summed E-state index contributed by atoms with van der Waals surface area (Å²) in [6.45, 7) is 0.343. The molecule has 3 aromatic carbocycles. The van der Waals surface area contributed by atoms with E-state index in [0.29, 0.717) is 34.6 Å². The Morgan fingerprint density at radius 2 is 1.85 bits per heavy atom. The van der Waals surface area contributed by atoms with Crippen molar-refractivity contribution in [1.82, 2.24) is 19.8 Å². The second-order valence-corrected chi connectivity index (χ2v) is 7.56. The van der Waals surface area contributed by atoms with Crippen molar-refractivity contribution in [3.63, 3.8) is 0 Å². The SMILES string of the molecule is COc1cc(/C=N/Nc2nn3cnnc3c3ccccc23)ccc1OCc1ccccc1Cl. The molecule has 0 unspecified atom stereocenters. The van der Waals surface area contributed by atoms with Gasteiger partial charge in [-0.1, -0.05) is 54.1 Å². The second-order valence-electron chi connectivity index (χ2n) is 7.15. The van der Waals surface area contributed by atoms with Gasteiger partial charge < -0.3 is 9.47 Å². The van der Waals surface area contributed by atoms with Gasteiger partial charge in [0.05, 0.1) is 13.3 Å². The van der Waals surface area contributed by atoms with E-state index < -0.39 is 0 Å². The molecule has 0 aliphatic rings. The lowest BCUT2D eigenvalue weighted by Gasteiger charge is -2.12. The maximum Gasteiger partial charge on any atom is 0.185 e. The molecular formula is C24H19ClN6O2. The summed E-state index contributed by atoms with van der Waals surface area (Å²) in [7, 11) is 1.60. The quantitative estimate of drug-likeness (QED) is 0.274. The van der Waals surface area contributed by atoms with Crippen LogP contribution in [0.4, 0.5) is 5.82 Å². The van der Waals surface area contributed by atoms with Gasteiger partial charge in [0.15, 0.2) is 23.0 Å². The number of hydrogen-bond acceptors (Lipinski definition) is 7. The third-order valence-electron chi connectivity index (χ3n) is 5.07. The maximum absolute atomic E-state index is 6.21. The van der Waals surface area contributed by atoms with Crippen molar-refractivity contribution in [2.24, 2.45) is 5.10 Å². The molecule has 0 aliphatic carbocycles. The van der Waals surface area contributed by atoms with Crippen LogP contribution in [0.2, 0.25) is 5.02 Å². The molecule has 0 bridgehead atoms. The lowest BCUT2D eigenvalue weighted by Crippen LogP contribution is -2.01. The van der Waals surface area contributed by atoms with E-state index in [1.165, 1.54) is 0 Å². The zero-order chi connectivity index (χ0) is 22.6. The summed E-state index contributed by atoms with van der Waals surface area (Å²) in [5.41, 5.74) is 5.45. The Morgan fingerprint density at radius 1 is 1.03 bits per heavy atom. The lowest BCUT2D eigenvalue weighted by molar-refractivity contribution is 0.284. The van der Waals surface area contributed by atoms with Crippen molar-refractivity contribution in [2.45, 2.75) is 6.61 Å². The Hall–Kier alpha value is -4.17. The monoisotopic (exact) mass is 458 g/mol. The van der Waals surface area contributed by atoms with Crippen molar-refractivity contribution >= 4 is 40.1 Å². The molecule has 2 heterocycles. The van der Waals surface area contributed by atoms with Crippen molar-refractivity contribution in [2.75, 3.05) is 12.5 Å². The molecule has 9 heteroatoms. The van der Waals surface area contributed by atoms with Gasteiger partial charge in [0.1, 0.15) is 12.9 Å². The largest absolute Gasteiger partial charge is 0.493 e. The normalized spacial score (nSPS) is 11.3. The van der Waals surface area contributed by atoms with Crippen molar-refractivity contribution < 1.29 is 9.47 Å². The van der Waals surface area contributed by atoms with E-state index in [9.17, 15) is 0 Å². The van der Waals surface area contributed by atoms with E-state index in [1.54, 1.807) is 24.2 Å². The van der Waals surface area contributed by atoms with Crippen LogP contribution in [0.25, 0.3) is 16.4 Å². The predicted octanol–water partition coefficient (Wildman–Crippen LogP) is 4.96. The zero-order valence-electron chi connectivity index (χ0n) is 17.6. The minimum absolute atomic E-state index is 0.343. The molecule has 33 heavy (non-hydrogen) atoms. The number of hydrogen-bond donors (Lipinski definition) is 1. The summed E-state index contributed by atoms with van der Waals surface area (Å²) >= 11 is 6.21. The highest BCUT2D eigenvalue weighted by Gasteiger charge is 2.10. The highest BCUT2D eigenvalue weighted by atomic mass is 35.5. The summed E-state index contributed by atoms with van der Waals surface area (Å²) in [5.74, 6) is 1.81. The number of anilines is 1. The lowest BCUT2D eigenvalue weighted by atomic mass is 10.2. The van der Waals surface area contributed by atoms with E-state index in [2.05, 4.69) is 25.8 Å². The van der Waals surface area contributed by atoms with Gasteiger partial charge in [-0.15, -0.1) is 15.3 Å². The van der Waals surface area contributed by atoms with E-state index >= 15 is 0 Å². The first kappa shape index (κ1) is 20.7. The zero-order valence-corrected chi connectivity index (χ0v) is 18.4. The average molecular weight is 459 g/mol. The number of rotatable bonds is 7. The number of fused-ring (bicyclic) bond motifs is 3. The van der Waals surface area contributed by atoms with E-state index in [0.717, 1.165) is 21.9 Å². The highest BCUT2D eigenvalue weighted by molar-refractivity contribution is 6.31. The Bertz CT molecular complexity index is 1470. The fraction of sp³-hybridized carbons (Fsp3) is 0.0833. The molecule has 2 aromatic heterocycles. The fourth-order valence-corrected chi connectivity index (χ4v) is 3.62. The molecule has 164 valence electrons. The number of halogens is 1. The molecular weight excluding hydrogens is 440 g/mol. The predicted molar refractivity (Wildman–Crippen MR) is 128 cm³/mol. The van der Waals surface area contributed by atoms with E-state index in [1.807, 2.05) is 66.7 Å². The van der Waals surface area contributed by atoms with Gasteiger partial charge in [0.25, 0.3) is 0 Å². The molecule has 0 atom stereocenters. The molecule has 5 aromatic rings. The number of nitrogens with zero attached hydrogens (tertiary/aromatic N) is 5. The number of nitrogens with one attached hydrogen (secondary N) is 1. The van der Waals surface area contributed by atoms with Crippen LogP contribution in [-0.2, 0) is 6.61 Å². The van der Waals surface area contributed by atoms with Gasteiger partial charge in [0.2, 0.25) is 0 Å². The maximum atomic E-state index is 6.21. The van der Waals surface area contributed by atoms with Gasteiger partial charge in [0, 0.05) is 21.4 Å². The third kappa shape index (κ3) is 4.28. The van der Waals surface area contributed by atoms with Crippen LogP contribution in [-0.4, -0.2) is 33.1 Å². The van der Waals surface area contributed by atoms with Crippen LogP contribution < -0.4 is 14.9 Å². The van der Waals surface area contributed by atoms with Gasteiger partial charge in [-0.05, 0) is 29.8 Å². The van der Waals surface area contributed by atoms with Crippen LogP contribution in [0.5, 0.6) is 11.5 Å². The van der Waals surface area contributed by atoms with Crippen LogP contribution in [0.3, 0.4) is 0 Å². The fourth-order valence-electron chi connectivity index (χ4n) is 3.43. The smallest absolute Gasteiger partial charge is 0.185 e. The van der Waals surface area contributed by atoms with Crippen LogP contribution in [0.15, 0.2) is 78.2 Å². The Morgan fingerprint density at radius 3 is 2.70 bits per heavy atom. The van der Waals surface area contributed by atoms with Gasteiger partial charge in [-0.25, -0.2) is 0 Å². The average Bonchev–Trinajstić information content (AvgIpc) is 3.33. The molecule has 0 aliphatic heterocycles. The van der Waals surface area contributed by atoms with Gasteiger partial charge >= 0.3 is 0 Å². The molecule has 0 spiro atoms. The molecule has 0 saturated carbocycles. The molecule has 0 saturated heterocycles. The van der Waals surface area contributed by atoms with Gasteiger partial charge in [-0.3, -0.25) is 5.43 Å². The Kier molecular flexibility index (Phi) is 5.73. The number of benzene rings is 3. The molecule has 0 fully saturated rings. The number of ether oxygens (including phenoxy) is 2. The van der Waals surface area contributed by atoms with E-state index in [-0.39, 0.29) is 0 Å². The van der Waals surface area contributed by atoms with Gasteiger partial charge in [-0.2, -0.15) is 9.62 Å². The van der Waals surface area contributed by atoms with Crippen LogP contribution in [0, 0.1) is 0 Å². The van der Waals surface area contributed by atoms with Crippen LogP contribution in [0.1, 0.15) is 11.1 Å². The second kappa shape index (κ2) is 9.13. The summed E-state index contributed by atoms with van der Waals surface area (Å²) < 4.78 is 13.0. The topological polar surface area (TPSA) is 85.9 Å². The Balaban J connectivity index is 1.34. The minimum atomic E-state index is 0.343. The highest BCUT2D eigenvalue weighted by Crippen LogP contribution is 2.29. The molecule has 0 amide bonds. The molecule has 1 N–H and O–H groups in total. The Labute approximate surface area is 194 Å².